The van der Waals surface area contributed by atoms with Crippen LogP contribution in [0.15, 0.2) is 102 Å². The molecule has 7 nitrogen and oxygen atoms in total. The summed E-state index contributed by atoms with van der Waals surface area (Å²) in [4.78, 5) is 30.5. The number of aliphatic hydroxyl groups is 1. The Hall–Kier alpha value is -4.20. The quantitative estimate of drug-likeness (QED) is 0.392. The maximum Gasteiger partial charge on any atom is 0.290 e. The van der Waals surface area contributed by atoms with E-state index < -0.39 is 23.5 Å². The third-order valence-corrected chi connectivity index (χ3v) is 7.00. The van der Waals surface area contributed by atoms with E-state index >= 15 is 0 Å². The van der Waals surface area contributed by atoms with Gasteiger partial charge in [0, 0.05) is 26.2 Å². The normalized spacial score (nSPS) is 18.2. The zero-order valence-corrected chi connectivity index (χ0v) is 21.7. The Morgan fingerprint density at radius 2 is 1.59 bits per heavy atom. The summed E-state index contributed by atoms with van der Waals surface area (Å²) in [5, 5.41) is 10.9. The Morgan fingerprint density at radius 3 is 2.28 bits per heavy atom. The number of benzene rings is 3. The lowest BCUT2D eigenvalue weighted by atomic mass is 9.95. The van der Waals surface area contributed by atoms with Crippen LogP contribution in [-0.4, -0.2) is 66.0 Å². The first-order valence-corrected chi connectivity index (χ1v) is 13.2. The molecule has 1 amide bonds. The molecule has 0 saturated carbocycles. The summed E-state index contributed by atoms with van der Waals surface area (Å²) in [6, 6.07) is 26.0. The van der Waals surface area contributed by atoms with Crippen LogP contribution < -0.4 is 4.74 Å². The number of rotatable bonds is 10. The average Bonchev–Trinajstić information content (AvgIpc) is 3.24. The van der Waals surface area contributed by atoms with Crippen molar-refractivity contribution in [2.75, 3.05) is 39.4 Å². The van der Waals surface area contributed by atoms with E-state index in [1.165, 1.54) is 6.08 Å². The molecule has 2 aliphatic heterocycles. The fourth-order valence-corrected chi connectivity index (χ4v) is 4.87. The molecule has 1 atom stereocenters. The molecule has 0 aromatic heterocycles. The molecule has 3 aromatic rings. The molecule has 2 aliphatic rings. The van der Waals surface area contributed by atoms with Crippen LogP contribution in [0.25, 0.3) is 6.08 Å². The van der Waals surface area contributed by atoms with Crippen molar-refractivity contribution in [3.63, 3.8) is 0 Å². The smallest absolute Gasteiger partial charge is 0.290 e. The van der Waals surface area contributed by atoms with Gasteiger partial charge < -0.3 is 19.5 Å². The molecule has 1 unspecified atom stereocenters. The van der Waals surface area contributed by atoms with E-state index in [1.54, 1.807) is 11.0 Å². The predicted octanol–water partition coefficient (Wildman–Crippen LogP) is 4.58. The number of carbonyl (C=O) groups excluding carboxylic acids is 2. The standard InChI is InChI=1S/C32H32N2O5/c35-28(16-11-24-7-3-1-4-8-24)29-30(34(32(37)31(29)36)18-17-33-19-21-38-22-20-33)26-12-14-27(15-13-26)39-23-25-9-5-2-6-10-25/h1-16,30,36H,17-23H2/b16-11+. The summed E-state index contributed by atoms with van der Waals surface area (Å²) < 4.78 is 11.4. The van der Waals surface area contributed by atoms with Crippen molar-refractivity contribution in [1.29, 1.82) is 0 Å². The van der Waals surface area contributed by atoms with Crippen LogP contribution in [0.4, 0.5) is 0 Å². The molecule has 2 heterocycles. The molecule has 1 fully saturated rings. The highest BCUT2D eigenvalue weighted by molar-refractivity contribution is 6.14. The number of aliphatic hydroxyl groups excluding tert-OH is 1. The van der Waals surface area contributed by atoms with Gasteiger partial charge in [-0.25, -0.2) is 0 Å². The number of allylic oxidation sites excluding steroid dienone is 1. The largest absolute Gasteiger partial charge is 0.503 e. The first-order chi connectivity index (χ1) is 19.1. The van der Waals surface area contributed by atoms with Crippen molar-refractivity contribution < 1.29 is 24.2 Å². The highest BCUT2D eigenvalue weighted by atomic mass is 16.5. The number of nitrogens with zero attached hydrogens (tertiary/aromatic N) is 2. The Labute approximate surface area is 228 Å². The van der Waals surface area contributed by atoms with Crippen LogP contribution in [-0.2, 0) is 20.9 Å². The zero-order valence-electron chi connectivity index (χ0n) is 21.7. The molecular weight excluding hydrogens is 492 g/mol. The van der Waals surface area contributed by atoms with Crippen molar-refractivity contribution >= 4 is 17.8 Å². The second-order valence-electron chi connectivity index (χ2n) is 9.57. The molecule has 7 heteroatoms. The average molecular weight is 525 g/mol. The van der Waals surface area contributed by atoms with Crippen molar-refractivity contribution in [2.45, 2.75) is 12.6 Å². The van der Waals surface area contributed by atoms with Gasteiger partial charge >= 0.3 is 0 Å². The van der Waals surface area contributed by atoms with E-state index in [0.717, 1.165) is 29.8 Å². The van der Waals surface area contributed by atoms with Crippen LogP contribution in [0.3, 0.4) is 0 Å². The van der Waals surface area contributed by atoms with Crippen LogP contribution >= 0.6 is 0 Å². The second kappa shape index (κ2) is 12.6. The van der Waals surface area contributed by atoms with Crippen LogP contribution in [0.5, 0.6) is 5.75 Å². The van der Waals surface area contributed by atoms with Crippen LogP contribution in [0, 0.1) is 0 Å². The van der Waals surface area contributed by atoms with E-state index in [4.69, 9.17) is 9.47 Å². The number of ether oxygens (including phenoxy) is 2. The van der Waals surface area contributed by atoms with E-state index in [2.05, 4.69) is 4.90 Å². The number of morpholine rings is 1. The van der Waals surface area contributed by atoms with E-state index in [1.807, 2.05) is 84.9 Å². The third kappa shape index (κ3) is 6.45. The van der Waals surface area contributed by atoms with Crippen molar-refractivity contribution in [3.05, 3.63) is 119 Å². The second-order valence-corrected chi connectivity index (χ2v) is 9.57. The summed E-state index contributed by atoms with van der Waals surface area (Å²) in [6.07, 6.45) is 3.12. The lowest BCUT2D eigenvalue weighted by Crippen LogP contribution is -2.43. The van der Waals surface area contributed by atoms with Gasteiger partial charge in [0.25, 0.3) is 5.91 Å². The monoisotopic (exact) mass is 524 g/mol. The first kappa shape index (κ1) is 26.4. The molecule has 1 saturated heterocycles. The highest BCUT2D eigenvalue weighted by Gasteiger charge is 2.42. The topological polar surface area (TPSA) is 79.3 Å². The number of hydrogen-bond donors (Lipinski definition) is 1. The third-order valence-electron chi connectivity index (χ3n) is 7.00. The minimum Gasteiger partial charge on any atom is -0.503 e. The molecule has 3 aromatic carbocycles. The van der Waals surface area contributed by atoms with Gasteiger partial charge in [0.1, 0.15) is 12.4 Å². The van der Waals surface area contributed by atoms with E-state index in [-0.39, 0.29) is 5.57 Å². The first-order valence-electron chi connectivity index (χ1n) is 13.2. The Balaban J connectivity index is 1.38. The van der Waals surface area contributed by atoms with Gasteiger partial charge in [0.2, 0.25) is 0 Å². The minimum absolute atomic E-state index is 0.0899. The summed E-state index contributed by atoms with van der Waals surface area (Å²) in [5.41, 5.74) is 2.74. The van der Waals surface area contributed by atoms with E-state index in [9.17, 15) is 14.7 Å². The Bertz CT molecular complexity index is 1330. The fourth-order valence-electron chi connectivity index (χ4n) is 4.87. The van der Waals surface area contributed by atoms with E-state index in [0.29, 0.717) is 38.7 Å². The summed E-state index contributed by atoms with van der Waals surface area (Å²) in [6.45, 7) is 4.30. The molecule has 0 bridgehead atoms. The fraction of sp³-hybridized carbons (Fsp3) is 0.250. The minimum atomic E-state index is -0.699. The summed E-state index contributed by atoms with van der Waals surface area (Å²) >= 11 is 0. The van der Waals surface area contributed by atoms with Crippen molar-refractivity contribution in [3.8, 4) is 5.75 Å². The number of ketones is 1. The molecule has 39 heavy (non-hydrogen) atoms. The Morgan fingerprint density at radius 1 is 0.923 bits per heavy atom. The molecular formula is C32H32N2O5. The molecule has 0 radical (unpaired) electrons. The maximum atomic E-state index is 13.4. The SMILES string of the molecule is O=C(/C=C/c1ccccc1)C1=C(O)C(=O)N(CCN2CCOCC2)C1c1ccc(OCc2ccccc2)cc1. The van der Waals surface area contributed by atoms with Gasteiger partial charge in [0.15, 0.2) is 11.5 Å². The van der Waals surface area contributed by atoms with Gasteiger partial charge in [-0.1, -0.05) is 78.9 Å². The van der Waals surface area contributed by atoms with Crippen molar-refractivity contribution in [2.24, 2.45) is 0 Å². The van der Waals surface area contributed by atoms with Gasteiger partial charge in [-0.05, 0) is 34.9 Å². The molecule has 0 spiro atoms. The maximum absolute atomic E-state index is 13.4. The number of hydrogen-bond acceptors (Lipinski definition) is 6. The van der Waals surface area contributed by atoms with Crippen molar-refractivity contribution in [1.82, 2.24) is 9.80 Å². The molecule has 5 rings (SSSR count). The van der Waals surface area contributed by atoms with Gasteiger partial charge in [-0.3, -0.25) is 14.5 Å². The number of carbonyl (C=O) groups is 2. The summed E-state index contributed by atoms with van der Waals surface area (Å²) in [5.74, 6) is -0.743. The number of amides is 1. The van der Waals surface area contributed by atoms with Gasteiger partial charge in [-0.2, -0.15) is 0 Å². The van der Waals surface area contributed by atoms with Crippen LogP contribution in [0.1, 0.15) is 22.7 Å². The lowest BCUT2D eigenvalue weighted by Gasteiger charge is -2.31. The molecule has 1 N–H and O–H groups in total. The molecule has 0 aliphatic carbocycles. The van der Waals surface area contributed by atoms with Crippen LogP contribution in [0.2, 0.25) is 0 Å². The zero-order chi connectivity index (χ0) is 27.0. The highest BCUT2D eigenvalue weighted by Crippen LogP contribution is 2.38. The van der Waals surface area contributed by atoms with Gasteiger partial charge in [-0.15, -0.1) is 0 Å². The lowest BCUT2D eigenvalue weighted by molar-refractivity contribution is -0.129. The Kier molecular flexibility index (Phi) is 8.51. The molecule has 200 valence electrons. The summed E-state index contributed by atoms with van der Waals surface area (Å²) in [7, 11) is 0. The van der Waals surface area contributed by atoms with Gasteiger partial charge in [0.05, 0.1) is 24.8 Å². The predicted molar refractivity (Wildman–Crippen MR) is 149 cm³/mol.